The van der Waals surface area contributed by atoms with Crippen LogP contribution in [0.1, 0.15) is 18.2 Å². The first-order chi connectivity index (χ1) is 9.20. The van der Waals surface area contributed by atoms with Gasteiger partial charge in [-0.2, -0.15) is 11.8 Å². The molecular formula is C14H17NO3S. The number of carbonyl (C=O) groups excluding carboxylic acids is 1. The van der Waals surface area contributed by atoms with E-state index in [1.165, 1.54) is 7.11 Å². The van der Waals surface area contributed by atoms with Crippen molar-refractivity contribution in [2.45, 2.75) is 12.5 Å². The van der Waals surface area contributed by atoms with E-state index in [0.717, 1.165) is 22.5 Å². The summed E-state index contributed by atoms with van der Waals surface area (Å²) in [5, 5.41) is 1.06. The van der Waals surface area contributed by atoms with Crippen molar-refractivity contribution in [3.8, 4) is 0 Å². The summed E-state index contributed by atoms with van der Waals surface area (Å²) in [6.45, 7) is 0. The number of para-hydroxylation sites is 1. The number of benzene rings is 1. The second kappa shape index (κ2) is 6.63. The zero-order valence-electron chi connectivity index (χ0n) is 10.8. The number of methoxy groups -OCH3 is 1. The molecule has 2 N–H and O–H groups in total. The minimum atomic E-state index is -0.190. The molecule has 0 radical (unpaired) electrons. The van der Waals surface area contributed by atoms with Crippen LogP contribution in [0.4, 0.5) is 0 Å². The molecule has 0 saturated carbocycles. The van der Waals surface area contributed by atoms with Crippen molar-refractivity contribution in [1.82, 2.24) is 0 Å². The third-order valence-electron chi connectivity index (χ3n) is 2.79. The molecule has 19 heavy (non-hydrogen) atoms. The van der Waals surface area contributed by atoms with E-state index in [1.807, 2.05) is 30.3 Å². The monoisotopic (exact) mass is 279 g/mol. The summed E-state index contributed by atoms with van der Waals surface area (Å²) in [4.78, 5) is 11.0. The highest BCUT2D eigenvalue weighted by molar-refractivity contribution is 7.99. The van der Waals surface area contributed by atoms with Crippen LogP contribution in [-0.2, 0) is 9.53 Å². The fraction of sp³-hybridized carbons (Fsp3) is 0.357. The molecule has 2 rings (SSSR count). The van der Waals surface area contributed by atoms with Gasteiger partial charge in [0.25, 0.3) is 0 Å². The predicted octanol–water partition coefficient (Wildman–Crippen LogP) is 2.73. The highest BCUT2D eigenvalue weighted by Gasteiger charge is 2.12. The lowest BCUT2D eigenvalue weighted by Crippen LogP contribution is -2.12. The summed E-state index contributed by atoms with van der Waals surface area (Å²) in [5.41, 5.74) is 6.93. The number of hydrogen-bond acceptors (Lipinski definition) is 5. The largest absolute Gasteiger partial charge is 0.469 e. The molecule has 2 aromatic rings. The fourth-order valence-corrected chi connectivity index (χ4v) is 2.63. The molecule has 4 nitrogen and oxygen atoms in total. The first-order valence-corrected chi connectivity index (χ1v) is 7.25. The lowest BCUT2D eigenvalue weighted by atomic mass is 10.2. The van der Waals surface area contributed by atoms with Crippen LogP contribution in [-0.4, -0.2) is 24.6 Å². The Morgan fingerprint density at radius 1 is 1.47 bits per heavy atom. The Labute approximate surface area is 116 Å². The van der Waals surface area contributed by atoms with E-state index in [2.05, 4.69) is 4.74 Å². The number of hydrogen-bond donors (Lipinski definition) is 1. The fourth-order valence-electron chi connectivity index (χ4n) is 1.74. The molecule has 1 aromatic carbocycles. The molecule has 102 valence electrons. The summed E-state index contributed by atoms with van der Waals surface area (Å²) in [6.07, 6.45) is 0.411. The normalized spacial score (nSPS) is 12.5. The van der Waals surface area contributed by atoms with Crippen LogP contribution in [0.15, 0.2) is 34.7 Å². The molecule has 1 heterocycles. The maximum absolute atomic E-state index is 11.0. The average molecular weight is 279 g/mol. The smallest absolute Gasteiger partial charge is 0.306 e. The quantitative estimate of drug-likeness (QED) is 0.650. The van der Waals surface area contributed by atoms with Gasteiger partial charge in [0, 0.05) is 16.9 Å². The van der Waals surface area contributed by atoms with Crippen LogP contribution in [0.2, 0.25) is 0 Å². The summed E-state index contributed by atoms with van der Waals surface area (Å²) >= 11 is 1.62. The highest BCUT2D eigenvalue weighted by atomic mass is 32.2. The Balaban J connectivity index is 1.85. The Hall–Kier alpha value is -1.46. The number of esters is 1. The zero-order chi connectivity index (χ0) is 13.7. The first-order valence-electron chi connectivity index (χ1n) is 6.09. The Morgan fingerprint density at radius 2 is 2.26 bits per heavy atom. The van der Waals surface area contributed by atoms with Gasteiger partial charge in [0.05, 0.1) is 19.6 Å². The van der Waals surface area contributed by atoms with Gasteiger partial charge in [-0.15, -0.1) is 0 Å². The Kier molecular flexibility index (Phi) is 4.87. The van der Waals surface area contributed by atoms with Crippen LogP contribution in [0, 0.1) is 0 Å². The number of rotatable bonds is 6. The molecule has 1 unspecified atom stereocenters. The van der Waals surface area contributed by atoms with E-state index in [9.17, 15) is 4.79 Å². The molecule has 0 fully saturated rings. The highest BCUT2D eigenvalue weighted by Crippen LogP contribution is 2.24. The van der Waals surface area contributed by atoms with Crippen LogP contribution < -0.4 is 5.73 Å². The van der Waals surface area contributed by atoms with Gasteiger partial charge >= 0.3 is 5.97 Å². The van der Waals surface area contributed by atoms with E-state index in [4.69, 9.17) is 10.2 Å². The molecule has 1 aromatic heterocycles. The van der Waals surface area contributed by atoms with E-state index < -0.39 is 0 Å². The van der Waals surface area contributed by atoms with E-state index in [1.54, 1.807) is 11.8 Å². The molecule has 0 aliphatic carbocycles. The van der Waals surface area contributed by atoms with Gasteiger partial charge in [0.2, 0.25) is 0 Å². The van der Waals surface area contributed by atoms with Crippen molar-refractivity contribution in [1.29, 1.82) is 0 Å². The molecule has 0 amide bonds. The maximum atomic E-state index is 11.0. The number of nitrogens with two attached hydrogens (primary N) is 1. The van der Waals surface area contributed by atoms with Crippen molar-refractivity contribution in [2.75, 3.05) is 18.6 Å². The third kappa shape index (κ3) is 3.75. The van der Waals surface area contributed by atoms with E-state index in [-0.39, 0.29) is 12.0 Å². The van der Waals surface area contributed by atoms with Crippen molar-refractivity contribution < 1.29 is 13.9 Å². The van der Waals surface area contributed by atoms with Crippen molar-refractivity contribution in [3.63, 3.8) is 0 Å². The zero-order valence-corrected chi connectivity index (χ0v) is 11.6. The Morgan fingerprint density at radius 3 is 3.00 bits per heavy atom. The topological polar surface area (TPSA) is 65.5 Å². The minimum Gasteiger partial charge on any atom is -0.469 e. The van der Waals surface area contributed by atoms with Gasteiger partial charge in [-0.3, -0.25) is 4.79 Å². The predicted molar refractivity (Wildman–Crippen MR) is 77.1 cm³/mol. The van der Waals surface area contributed by atoms with E-state index in [0.29, 0.717) is 12.2 Å². The van der Waals surface area contributed by atoms with Gasteiger partial charge in [-0.25, -0.2) is 0 Å². The van der Waals surface area contributed by atoms with Gasteiger partial charge in [-0.05, 0) is 12.1 Å². The van der Waals surface area contributed by atoms with Gasteiger partial charge in [0.1, 0.15) is 11.3 Å². The number of thioether (sulfide) groups is 1. The molecule has 0 aliphatic rings. The standard InChI is InChI=1S/C14H17NO3S/c1-17-14(16)6-7-19-9-11(15)13-8-10-4-2-3-5-12(10)18-13/h2-5,8,11H,6-7,9,15H2,1H3. The lowest BCUT2D eigenvalue weighted by Gasteiger charge is -2.07. The average Bonchev–Trinajstić information content (AvgIpc) is 2.87. The van der Waals surface area contributed by atoms with Crippen LogP contribution >= 0.6 is 11.8 Å². The second-order valence-electron chi connectivity index (χ2n) is 4.19. The molecule has 1 atom stereocenters. The van der Waals surface area contributed by atoms with Crippen molar-refractivity contribution >= 4 is 28.7 Å². The molecule has 0 aliphatic heterocycles. The van der Waals surface area contributed by atoms with Gasteiger partial charge in [0.15, 0.2) is 0 Å². The SMILES string of the molecule is COC(=O)CCSCC(N)c1cc2ccccc2o1. The number of fused-ring (bicyclic) bond motifs is 1. The first kappa shape index (κ1) is 14.0. The minimum absolute atomic E-state index is 0.157. The summed E-state index contributed by atoms with van der Waals surface area (Å²) in [7, 11) is 1.40. The number of carbonyl (C=O) groups is 1. The molecule has 5 heteroatoms. The number of ether oxygens (including phenoxy) is 1. The van der Waals surface area contributed by atoms with Gasteiger partial charge < -0.3 is 14.9 Å². The third-order valence-corrected chi connectivity index (χ3v) is 3.87. The van der Waals surface area contributed by atoms with E-state index >= 15 is 0 Å². The van der Waals surface area contributed by atoms with Crippen molar-refractivity contribution in [2.24, 2.45) is 5.73 Å². The van der Waals surface area contributed by atoms with Gasteiger partial charge in [-0.1, -0.05) is 18.2 Å². The van der Waals surface area contributed by atoms with Crippen LogP contribution in [0.25, 0.3) is 11.0 Å². The molecule has 0 bridgehead atoms. The lowest BCUT2D eigenvalue weighted by molar-refractivity contribution is -0.140. The second-order valence-corrected chi connectivity index (χ2v) is 5.34. The van der Waals surface area contributed by atoms with Crippen LogP contribution in [0.5, 0.6) is 0 Å². The summed E-state index contributed by atoms with van der Waals surface area (Å²) in [6, 6.07) is 9.65. The van der Waals surface area contributed by atoms with Crippen molar-refractivity contribution in [3.05, 3.63) is 36.1 Å². The maximum Gasteiger partial charge on any atom is 0.306 e. The summed E-state index contributed by atoms with van der Waals surface area (Å²) < 4.78 is 10.3. The molecule has 0 spiro atoms. The molecular weight excluding hydrogens is 262 g/mol. The Bertz CT molecular complexity index is 519. The van der Waals surface area contributed by atoms with Crippen LogP contribution in [0.3, 0.4) is 0 Å². The number of furan rings is 1. The summed E-state index contributed by atoms with van der Waals surface area (Å²) in [5.74, 6) is 2.02. The molecule has 0 saturated heterocycles.